The van der Waals surface area contributed by atoms with Gasteiger partial charge in [0.1, 0.15) is 11.7 Å². The van der Waals surface area contributed by atoms with Crippen molar-refractivity contribution >= 4 is 23.1 Å². The molecule has 1 saturated heterocycles. The van der Waals surface area contributed by atoms with E-state index in [0.29, 0.717) is 18.5 Å². The molecular formula is C19H18N4O2. The van der Waals surface area contributed by atoms with E-state index in [4.69, 9.17) is 0 Å². The molecule has 4 rings (SSSR count). The third-order valence-corrected chi connectivity index (χ3v) is 4.44. The largest absolute Gasteiger partial charge is 0.344 e. The number of pyridine rings is 1. The van der Waals surface area contributed by atoms with Gasteiger partial charge < -0.3 is 15.0 Å². The number of anilines is 1. The van der Waals surface area contributed by atoms with Crippen LogP contribution in [0.1, 0.15) is 18.4 Å². The zero-order valence-corrected chi connectivity index (χ0v) is 13.8. The molecule has 1 fully saturated rings. The second-order valence-electron chi connectivity index (χ2n) is 6.27. The predicted molar refractivity (Wildman–Crippen MR) is 95.2 cm³/mol. The zero-order chi connectivity index (χ0) is 17.4. The molecular weight excluding hydrogens is 316 g/mol. The summed E-state index contributed by atoms with van der Waals surface area (Å²) >= 11 is 0. The van der Waals surface area contributed by atoms with Gasteiger partial charge >= 0.3 is 0 Å². The molecule has 2 N–H and O–H groups in total. The number of imidazole rings is 1. The lowest BCUT2D eigenvalue weighted by Crippen LogP contribution is -2.37. The number of rotatable bonds is 3. The highest BCUT2D eigenvalue weighted by atomic mass is 16.2. The van der Waals surface area contributed by atoms with Gasteiger partial charge in [-0.15, -0.1) is 0 Å². The lowest BCUT2D eigenvalue weighted by molar-refractivity contribution is -0.122. The Kier molecular flexibility index (Phi) is 3.72. The topological polar surface area (TPSA) is 75.5 Å². The number of fused-ring (bicyclic) bond motifs is 1. The summed E-state index contributed by atoms with van der Waals surface area (Å²) in [5.41, 5.74) is 4.63. The van der Waals surface area contributed by atoms with E-state index in [0.717, 1.165) is 22.5 Å². The molecule has 6 heteroatoms. The summed E-state index contributed by atoms with van der Waals surface area (Å²) in [6.07, 6.45) is 4.92. The average molecular weight is 334 g/mol. The van der Waals surface area contributed by atoms with E-state index < -0.39 is 6.04 Å². The summed E-state index contributed by atoms with van der Waals surface area (Å²) in [6.45, 7) is 2.03. The normalized spacial score (nSPS) is 16.8. The van der Waals surface area contributed by atoms with Crippen molar-refractivity contribution in [2.45, 2.75) is 25.8 Å². The molecule has 0 radical (unpaired) electrons. The molecule has 1 aromatic carbocycles. The number of aromatic nitrogens is 2. The maximum atomic E-state index is 12.1. The fourth-order valence-electron chi connectivity index (χ4n) is 3.06. The SMILES string of the molecule is Cc1cccn2cc(-c3ccc(NC(=O)C4CCC(=O)N4)cc3)nc12. The zero-order valence-electron chi connectivity index (χ0n) is 13.8. The van der Waals surface area contributed by atoms with Gasteiger partial charge in [0.2, 0.25) is 11.8 Å². The molecule has 126 valence electrons. The monoisotopic (exact) mass is 334 g/mol. The Morgan fingerprint density at radius 1 is 1.28 bits per heavy atom. The van der Waals surface area contributed by atoms with Gasteiger partial charge in [0, 0.05) is 30.1 Å². The summed E-state index contributed by atoms with van der Waals surface area (Å²) in [4.78, 5) is 28.0. The number of benzene rings is 1. The van der Waals surface area contributed by atoms with Crippen LogP contribution in [0.2, 0.25) is 0 Å². The predicted octanol–water partition coefficient (Wildman–Crippen LogP) is 2.53. The van der Waals surface area contributed by atoms with Gasteiger partial charge in [0.25, 0.3) is 0 Å². The van der Waals surface area contributed by atoms with Crippen molar-refractivity contribution in [3.63, 3.8) is 0 Å². The maximum Gasteiger partial charge on any atom is 0.246 e. The molecule has 0 bridgehead atoms. The van der Waals surface area contributed by atoms with Gasteiger partial charge in [0.15, 0.2) is 0 Å². The average Bonchev–Trinajstić information content (AvgIpc) is 3.23. The number of hydrogen-bond acceptors (Lipinski definition) is 3. The molecule has 3 aromatic rings. The molecule has 1 unspecified atom stereocenters. The Morgan fingerprint density at radius 3 is 2.76 bits per heavy atom. The number of carbonyl (C=O) groups is 2. The van der Waals surface area contributed by atoms with Crippen LogP contribution in [0.4, 0.5) is 5.69 Å². The van der Waals surface area contributed by atoms with E-state index in [9.17, 15) is 9.59 Å². The fraction of sp³-hybridized carbons (Fsp3) is 0.211. The van der Waals surface area contributed by atoms with Crippen molar-refractivity contribution in [2.24, 2.45) is 0 Å². The van der Waals surface area contributed by atoms with Crippen LogP contribution in [-0.4, -0.2) is 27.2 Å². The Hall–Kier alpha value is -3.15. The second-order valence-corrected chi connectivity index (χ2v) is 6.27. The first-order chi connectivity index (χ1) is 12.1. The number of aryl methyl sites for hydroxylation is 1. The van der Waals surface area contributed by atoms with Crippen molar-refractivity contribution in [3.05, 3.63) is 54.4 Å². The van der Waals surface area contributed by atoms with Gasteiger partial charge in [0.05, 0.1) is 5.69 Å². The summed E-state index contributed by atoms with van der Waals surface area (Å²) < 4.78 is 2.00. The molecule has 0 saturated carbocycles. The summed E-state index contributed by atoms with van der Waals surface area (Å²) in [6, 6.07) is 11.1. The van der Waals surface area contributed by atoms with Crippen LogP contribution in [0.3, 0.4) is 0 Å². The van der Waals surface area contributed by atoms with Crippen molar-refractivity contribution in [1.82, 2.24) is 14.7 Å². The van der Waals surface area contributed by atoms with Crippen LogP contribution in [0.15, 0.2) is 48.8 Å². The van der Waals surface area contributed by atoms with E-state index in [-0.39, 0.29) is 11.8 Å². The molecule has 1 aliphatic heterocycles. The van der Waals surface area contributed by atoms with Gasteiger partial charge in [-0.05, 0) is 37.1 Å². The minimum atomic E-state index is -0.436. The van der Waals surface area contributed by atoms with Crippen molar-refractivity contribution in [2.75, 3.05) is 5.32 Å². The number of nitrogens with zero attached hydrogens (tertiary/aromatic N) is 2. The van der Waals surface area contributed by atoms with Gasteiger partial charge in [-0.25, -0.2) is 4.98 Å². The highest BCUT2D eigenvalue weighted by Gasteiger charge is 2.27. The van der Waals surface area contributed by atoms with Crippen molar-refractivity contribution in [1.29, 1.82) is 0 Å². The molecule has 0 spiro atoms. The third kappa shape index (κ3) is 2.98. The Balaban J connectivity index is 1.52. The van der Waals surface area contributed by atoms with Crippen LogP contribution in [0.5, 0.6) is 0 Å². The Morgan fingerprint density at radius 2 is 2.08 bits per heavy atom. The molecule has 1 atom stereocenters. The third-order valence-electron chi connectivity index (χ3n) is 4.44. The van der Waals surface area contributed by atoms with Crippen LogP contribution >= 0.6 is 0 Å². The van der Waals surface area contributed by atoms with Crippen LogP contribution in [0, 0.1) is 6.92 Å². The molecule has 3 heterocycles. The van der Waals surface area contributed by atoms with E-state index in [1.54, 1.807) is 0 Å². The summed E-state index contributed by atoms with van der Waals surface area (Å²) in [7, 11) is 0. The molecule has 0 aliphatic carbocycles. The standard InChI is InChI=1S/C19H18N4O2/c1-12-3-2-10-23-11-16(22-18(12)23)13-4-6-14(7-5-13)20-19(25)15-8-9-17(24)21-15/h2-7,10-11,15H,8-9H2,1H3,(H,20,25)(H,21,24). The number of amides is 2. The smallest absolute Gasteiger partial charge is 0.246 e. The lowest BCUT2D eigenvalue weighted by Gasteiger charge is -2.11. The van der Waals surface area contributed by atoms with Crippen LogP contribution < -0.4 is 10.6 Å². The van der Waals surface area contributed by atoms with Crippen molar-refractivity contribution < 1.29 is 9.59 Å². The fourth-order valence-corrected chi connectivity index (χ4v) is 3.06. The highest BCUT2D eigenvalue weighted by molar-refractivity contribution is 5.99. The van der Waals surface area contributed by atoms with Gasteiger partial charge in [-0.3, -0.25) is 9.59 Å². The first kappa shape index (κ1) is 15.4. The quantitative estimate of drug-likeness (QED) is 0.773. The minimum absolute atomic E-state index is 0.0716. The first-order valence-electron chi connectivity index (χ1n) is 8.25. The van der Waals surface area contributed by atoms with Crippen LogP contribution in [-0.2, 0) is 9.59 Å². The van der Waals surface area contributed by atoms with E-state index >= 15 is 0 Å². The molecule has 2 amide bonds. The van der Waals surface area contributed by atoms with Crippen molar-refractivity contribution in [3.8, 4) is 11.3 Å². The van der Waals surface area contributed by atoms with E-state index in [1.165, 1.54) is 0 Å². The van der Waals surface area contributed by atoms with Crippen LogP contribution in [0.25, 0.3) is 16.9 Å². The Labute approximate surface area is 144 Å². The minimum Gasteiger partial charge on any atom is -0.344 e. The maximum absolute atomic E-state index is 12.1. The lowest BCUT2D eigenvalue weighted by atomic mass is 10.1. The van der Waals surface area contributed by atoms with Gasteiger partial charge in [-0.2, -0.15) is 0 Å². The molecule has 1 aliphatic rings. The summed E-state index contributed by atoms with van der Waals surface area (Å²) in [5, 5.41) is 5.51. The number of nitrogens with one attached hydrogen (secondary N) is 2. The van der Waals surface area contributed by atoms with Gasteiger partial charge in [-0.1, -0.05) is 18.2 Å². The molecule has 25 heavy (non-hydrogen) atoms. The van der Waals surface area contributed by atoms with E-state index in [1.807, 2.05) is 60.1 Å². The Bertz CT molecular complexity index is 959. The molecule has 6 nitrogen and oxygen atoms in total. The summed E-state index contributed by atoms with van der Waals surface area (Å²) in [5.74, 6) is -0.250. The first-order valence-corrected chi connectivity index (χ1v) is 8.25. The second kappa shape index (κ2) is 6.05. The van der Waals surface area contributed by atoms with E-state index in [2.05, 4.69) is 15.6 Å². The number of hydrogen-bond donors (Lipinski definition) is 2. The highest BCUT2D eigenvalue weighted by Crippen LogP contribution is 2.22. The molecule has 2 aromatic heterocycles. The number of carbonyl (C=O) groups excluding carboxylic acids is 2.